The molecule has 0 aliphatic heterocycles. The summed E-state index contributed by atoms with van der Waals surface area (Å²) in [5.74, 6) is -0.103. The molecule has 0 bridgehead atoms. The van der Waals surface area contributed by atoms with Gasteiger partial charge in [0.2, 0.25) is 0 Å². The molecule has 3 rings (SSSR count). The number of aromatic nitrogens is 6. The fraction of sp³-hybridized carbons (Fsp3) is 0.100. The first-order chi connectivity index (χ1) is 9.50. The van der Waals surface area contributed by atoms with Crippen LogP contribution < -0.4 is 62.0 Å². The smallest absolute Gasteiger partial charge is 0.330 e. The third-order valence-electron chi connectivity index (χ3n) is 2.26. The summed E-state index contributed by atoms with van der Waals surface area (Å²) in [5, 5.41) is 13.6. The number of tetrazole rings is 1. The summed E-state index contributed by atoms with van der Waals surface area (Å²) < 4.78 is 24.3. The molecule has 0 saturated heterocycles. The molecule has 0 atom stereocenters. The molecule has 0 aliphatic rings. The van der Waals surface area contributed by atoms with Crippen LogP contribution in [0.25, 0.3) is 17.0 Å². The van der Waals surface area contributed by atoms with E-state index in [-0.39, 0.29) is 86.8 Å². The van der Waals surface area contributed by atoms with Gasteiger partial charge in [-0.2, -0.15) is 5.21 Å². The van der Waals surface area contributed by atoms with Gasteiger partial charge in [-0.05, 0) is 18.6 Å². The third kappa shape index (κ3) is 2.17. The number of hydrogen-bond donors (Lipinski definition) is 0. The number of rotatable bonds is 1. The van der Waals surface area contributed by atoms with Crippen molar-refractivity contribution in [1.29, 1.82) is 0 Å². The Morgan fingerprint density at radius 2 is 2.33 bits per heavy atom. The van der Waals surface area contributed by atoms with Crippen LogP contribution in [0.4, 0.5) is 0 Å². The molecule has 0 N–H and O–H groups in total. The zero-order chi connectivity index (χ0) is 14.4. The van der Waals surface area contributed by atoms with Gasteiger partial charge < -0.3 is 5.10 Å². The van der Waals surface area contributed by atoms with Crippen LogP contribution in [0.15, 0.2) is 29.2 Å². The number of hydrogen-bond acceptors (Lipinski definition) is 5. The molecule has 3 aromatic rings. The Bertz CT molecular complexity index is 879. The normalized spacial score (nSPS) is 12.6. The average Bonchev–Trinajstić information content (AvgIpc) is 2.89. The van der Waals surface area contributed by atoms with Gasteiger partial charge in [-0.25, -0.2) is 4.98 Å². The molecule has 7 nitrogen and oxygen atoms in total. The summed E-state index contributed by atoms with van der Waals surface area (Å²) in [6.45, 7) is 1.60. The molecule has 84 valence electrons. The maximum Gasteiger partial charge on any atom is 1.00 e. The minimum absolute atomic E-state index is 0. The SMILES string of the molecule is [2H]c1cc([2H])n2c(=O)c(-c3nnn[n-]3)c([2H])nc2c1C.[K+]. The Kier molecular flexibility index (Phi) is 2.96. The molecule has 0 aliphatic carbocycles. The molecule has 18 heavy (non-hydrogen) atoms. The Morgan fingerprint density at radius 3 is 3.06 bits per heavy atom. The van der Waals surface area contributed by atoms with E-state index in [1.54, 1.807) is 6.92 Å². The van der Waals surface area contributed by atoms with E-state index in [1.165, 1.54) is 6.07 Å². The van der Waals surface area contributed by atoms with Gasteiger partial charge in [0.05, 0.1) is 9.68 Å². The maximum atomic E-state index is 12.4. The Balaban J connectivity index is 0.00000161. The number of nitrogens with zero attached hydrogens (tertiary/aromatic N) is 6. The fourth-order valence-electron chi connectivity index (χ4n) is 1.45. The van der Waals surface area contributed by atoms with Gasteiger partial charge in [-0.15, -0.1) is 0 Å². The van der Waals surface area contributed by atoms with Crippen molar-refractivity contribution in [2.24, 2.45) is 0 Å². The molecule has 0 unspecified atom stereocenters. The molecule has 0 fully saturated rings. The number of fused-ring (bicyclic) bond motifs is 1. The van der Waals surface area contributed by atoms with Gasteiger partial charge in [-0.3, -0.25) is 19.5 Å². The van der Waals surface area contributed by atoms with Gasteiger partial charge in [-0.1, -0.05) is 6.04 Å². The molecule has 0 saturated carbocycles. The van der Waals surface area contributed by atoms with Crippen molar-refractivity contribution in [3.05, 3.63) is 40.4 Å². The van der Waals surface area contributed by atoms with E-state index in [0.717, 1.165) is 4.40 Å². The molecule has 0 spiro atoms. The maximum absolute atomic E-state index is 12.4. The second-order valence-electron chi connectivity index (χ2n) is 3.31. The second kappa shape index (κ2) is 5.37. The Morgan fingerprint density at radius 1 is 1.50 bits per heavy atom. The van der Waals surface area contributed by atoms with Crippen LogP contribution in [0.2, 0.25) is 0 Å². The molecule has 0 aromatic carbocycles. The molecule has 0 radical (unpaired) electrons. The van der Waals surface area contributed by atoms with Crippen LogP contribution in [0.5, 0.6) is 0 Å². The van der Waals surface area contributed by atoms with Crippen molar-refractivity contribution in [3.63, 3.8) is 0 Å². The molecule has 8 heteroatoms. The minimum atomic E-state index is -0.650. The van der Waals surface area contributed by atoms with Gasteiger partial charge in [0.1, 0.15) is 5.65 Å². The first kappa shape index (κ1) is 9.93. The largest absolute Gasteiger partial charge is 1.00 e. The van der Waals surface area contributed by atoms with E-state index in [0.29, 0.717) is 5.56 Å². The van der Waals surface area contributed by atoms with Crippen molar-refractivity contribution in [2.45, 2.75) is 6.92 Å². The third-order valence-corrected chi connectivity index (χ3v) is 2.26. The Labute approximate surface area is 148 Å². The predicted molar refractivity (Wildman–Crippen MR) is 58.3 cm³/mol. The van der Waals surface area contributed by atoms with Crippen LogP contribution in [-0.4, -0.2) is 24.9 Å². The molecular weight excluding hydrogens is 259 g/mol. The summed E-state index contributed by atoms with van der Waals surface area (Å²) in [4.78, 5) is 16.4. The topological polar surface area (TPSA) is 87.1 Å². The summed E-state index contributed by atoms with van der Waals surface area (Å²) >= 11 is 0. The van der Waals surface area contributed by atoms with Gasteiger partial charge in [0.15, 0.2) is 0 Å². The molecular formula is C10H7KN6O. The average molecular weight is 269 g/mol. The van der Waals surface area contributed by atoms with E-state index in [2.05, 4.69) is 25.6 Å². The van der Waals surface area contributed by atoms with Crippen LogP contribution in [0.3, 0.4) is 0 Å². The van der Waals surface area contributed by atoms with E-state index in [1.807, 2.05) is 0 Å². The predicted octanol–water partition coefficient (Wildman–Crippen LogP) is -3.18. The second-order valence-corrected chi connectivity index (χ2v) is 3.31. The Hall–Kier alpha value is -0.934. The van der Waals surface area contributed by atoms with Crippen LogP contribution in [0, 0.1) is 6.92 Å². The summed E-state index contributed by atoms with van der Waals surface area (Å²) in [6.07, 6.45) is -0.528. The standard InChI is InChI=1S/C10H7N6O.K/c1-6-3-2-4-16-9(6)11-5-7(10(16)17)8-12-14-15-13-8;/h2-5H,1H3;/q-1;+1/i3D,4D,5D;. The molecule has 0 amide bonds. The number of pyridine rings is 1. The van der Waals surface area contributed by atoms with Crippen molar-refractivity contribution in [3.8, 4) is 11.4 Å². The zero-order valence-electron chi connectivity index (χ0n) is 12.7. The summed E-state index contributed by atoms with van der Waals surface area (Å²) in [6, 6.07) is 1.32. The van der Waals surface area contributed by atoms with E-state index < -0.39 is 5.56 Å². The zero-order valence-corrected chi connectivity index (χ0v) is 12.8. The first-order valence-electron chi connectivity index (χ1n) is 6.20. The van der Waals surface area contributed by atoms with Gasteiger partial charge >= 0.3 is 51.4 Å². The van der Waals surface area contributed by atoms with E-state index in [9.17, 15) is 4.79 Å². The van der Waals surface area contributed by atoms with Crippen molar-refractivity contribution < 1.29 is 55.5 Å². The summed E-state index contributed by atoms with van der Waals surface area (Å²) in [7, 11) is 0. The monoisotopic (exact) mass is 269 g/mol. The quantitative estimate of drug-likeness (QED) is 0.433. The molecule has 3 heterocycles. The van der Waals surface area contributed by atoms with Gasteiger partial charge in [0, 0.05) is 18.2 Å². The van der Waals surface area contributed by atoms with Crippen LogP contribution >= 0.6 is 0 Å². The first-order valence-corrected chi connectivity index (χ1v) is 4.70. The van der Waals surface area contributed by atoms with E-state index in [4.69, 9.17) is 4.11 Å². The summed E-state index contributed by atoms with van der Waals surface area (Å²) in [5.41, 5.74) is -0.299. The van der Waals surface area contributed by atoms with Crippen molar-refractivity contribution >= 4 is 5.65 Å². The fourth-order valence-corrected chi connectivity index (χ4v) is 1.45. The van der Waals surface area contributed by atoms with Crippen molar-refractivity contribution in [1.82, 2.24) is 30.0 Å². The minimum Gasteiger partial charge on any atom is -0.330 e. The van der Waals surface area contributed by atoms with E-state index >= 15 is 0 Å². The number of aryl methyl sites for hydroxylation is 1. The van der Waals surface area contributed by atoms with Crippen LogP contribution in [-0.2, 0) is 0 Å². The van der Waals surface area contributed by atoms with Crippen LogP contribution in [0.1, 0.15) is 9.68 Å². The molecule has 3 aromatic heterocycles. The van der Waals surface area contributed by atoms with Gasteiger partial charge in [0.25, 0.3) is 5.56 Å². The van der Waals surface area contributed by atoms with Crippen molar-refractivity contribution in [2.75, 3.05) is 0 Å².